The van der Waals surface area contributed by atoms with Gasteiger partial charge in [0, 0.05) is 32.1 Å². The van der Waals surface area contributed by atoms with Crippen LogP contribution < -0.4 is 5.32 Å². The van der Waals surface area contributed by atoms with E-state index in [0.717, 1.165) is 32.8 Å². The highest BCUT2D eigenvalue weighted by Gasteiger charge is 2.14. The molecule has 1 unspecified atom stereocenters. The molecule has 78 valence electrons. The standard InChI is InChI=1S/C10H17N3O/c1-3-12-13(5-1)6-4-11-8-10-2-7-14-9-10/h1,3,5,10-11H,2,4,6-9H2. The summed E-state index contributed by atoms with van der Waals surface area (Å²) in [6.45, 7) is 4.86. The molecule has 0 aliphatic carbocycles. The summed E-state index contributed by atoms with van der Waals surface area (Å²) in [7, 11) is 0. The van der Waals surface area contributed by atoms with Gasteiger partial charge in [-0.15, -0.1) is 0 Å². The van der Waals surface area contributed by atoms with Gasteiger partial charge in [0.25, 0.3) is 0 Å². The van der Waals surface area contributed by atoms with Gasteiger partial charge in [-0.05, 0) is 18.4 Å². The second-order valence-electron chi connectivity index (χ2n) is 3.70. The quantitative estimate of drug-likeness (QED) is 0.696. The molecule has 1 fully saturated rings. The normalized spacial score (nSPS) is 21.6. The Morgan fingerprint density at radius 1 is 1.57 bits per heavy atom. The number of rotatable bonds is 5. The van der Waals surface area contributed by atoms with Crippen molar-refractivity contribution in [1.29, 1.82) is 0 Å². The van der Waals surface area contributed by atoms with Crippen molar-refractivity contribution in [2.24, 2.45) is 5.92 Å². The van der Waals surface area contributed by atoms with Gasteiger partial charge in [-0.3, -0.25) is 4.68 Å². The Kier molecular flexibility index (Phi) is 3.54. The summed E-state index contributed by atoms with van der Waals surface area (Å²) >= 11 is 0. The minimum absolute atomic E-state index is 0.715. The van der Waals surface area contributed by atoms with Crippen LogP contribution in [0.1, 0.15) is 6.42 Å². The maximum atomic E-state index is 5.30. The van der Waals surface area contributed by atoms with Crippen LogP contribution in [0.4, 0.5) is 0 Å². The number of hydrogen-bond acceptors (Lipinski definition) is 3. The highest BCUT2D eigenvalue weighted by Crippen LogP contribution is 2.10. The van der Waals surface area contributed by atoms with Crippen LogP contribution in [-0.2, 0) is 11.3 Å². The van der Waals surface area contributed by atoms with Gasteiger partial charge in [0.15, 0.2) is 0 Å². The van der Waals surface area contributed by atoms with Crippen LogP contribution in [0.15, 0.2) is 18.5 Å². The Balaban J connectivity index is 1.55. The first kappa shape index (κ1) is 9.68. The smallest absolute Gasteiger partial charge is 0.0533 e. The summed E-state index contributed by atoms with van der Waals surface area (Å²) in [5, 5.41) is 7.56. The van der Waals surface area contributed by atoms with Gasteiger partial charge in [-0.1, -0.05) is 0 Å². The van der Waals surface area contributed by atoms with Gasteiger partial charge in [-0.2, -0.15) is 5.10 Å². The zero-order chi connectivity index (χ0) is 9.64. The second kappa shape index (κ2) is 5.12. The molecular formula is C10H17N3O. The number of hydrogen-bond donors (Lipinski definition) is 1. The molecule has 4 heteroatoms. The van der Waals surface area contributed by atoms with E-state index in [1.165, 1.54) is 6.42 Å². The summed E-state index contributed by atoms with van der Waals surface area (Å²) in [6.07, 6.45) is 5.00. The van der Waals surface area contributed by atoms with Gasteiger partial charge >= 0.3 is 0 Å². The SMILES string of the molecule is c1cnn(CCNCC2CCOC2)c1. The van der Waals surface area contributed by atoms with Crippen molar-refractivity contribution in [3.05, 3.63) is 18.5 Å². The first-order chi connectivity index (χ1) is 6.95. The van der Waals surface area contributed by atoms with Crippen molar-refractivity contribution in [2.75, 3.05) is 26.3 Å². The molecule has 1 aromatic heterocycles. The summed E-state index contributed by atoms with van der Waals surface area (Å²) in [5.41, 5.74) is 0. The molecule has 1 aliphatic rings. The van der Waals surface area contributed by atoms with E-state index in [9.17, 15) is 0 Å². The van der Waals surface area contributed by atoms with Crippen LogP contribution in [0.5, 0.6) is 0 Å². The van der Waals surface area contributed by atoms with Gasteiger partial charge in [0.1, 0.15) is 0 Å². The summed E-state index contributed by atoms with van der Waals surface area (Å²) in [6, 6.07) is 1.95. The van der Waals surface area contributed by atoms with E-state index in [-0.39, 0.29) is 0 Å². The number of aromatic nitrogens is 2. The fourth-order valence-corrected chi connectivity index (χ4v) is 1.68. The molecule has 0 saturated carbocycles. The maximum Gasteiger partial charge on any atom is 0.0533 e. The summed E-state index contributed by atoms with van der Waals surface area (Å²) in [4.78, 5) is 0. The molecule has 0 amide bonds. The molecular weight excluding hydrogens is 178 g/mol. The van der Waals surface area contributed by atoms with Gasteiger partial charge in [0.05, 0.1) is 13.2 Å². The molecule has 1 atom stereocenters. The van der Waals surface area contributed by atoms with Crippen molar-refractivity contribution in [1.82, 2.24) is 15.1 Å². The fraction of sp³-hybridized carbons (Fsp3) is 0.700. The van der Waals surface area contributed by atoms with Gasteiger partial charge in [-0.25, -0.2) is 0 Å². The molecule has 0 bridgehead atoms. The zero-order valence-electron chi connectivity index (χ0n) is 8.35. The Labute approximate surface area is 84.3 Å². The minimum atomic E-state index is 0.715. The highest BCUT2D eigenvalue weighted by molar-refractivity contribution is 4.77. The van der Waals surface area contributed by atoms with Gasteiger partial charge < -0.3 is 10.1 Å². The second-order valence-corrected chi connectivity index (χ2v) is 3.70. The number of nitrogens with zero attached hydrogens (tertiary/aromatic N) is 2. The molecule has 0 aromatic carbocycles. The topological polar surface area (TPSA) is 39.1 Å². The minimum Gasteiger partial charge on any atom is -0.381 e. The van der Waals surface area contributed by atoms with E-state index in [1.807, 2.05) is 23.1 Å². The molecule has 1 aliphatic heterocycles. The molecule has 4 nitrogen and oxygen atoms in total. The monoisotopic (exact) mass is 195 g/mol. The van der Waals surface area contributed by atoms with E-state index in [4.69, 9.17) is 4.74 Å². The first-order valence-corrected chi connectivity index (χ1v) is 5.21. The van der Waals surface area contributed by atoms with Crippen LogP contribution in [0, 0.1) is 5.92 Å². The zero-order valence-corrected chi connectivity index (χ0v) is 8.35. The molecule has 1 saturated heterocycles. The maximum absolute atomic E-state index is 5.30. The Bertz CT molecular complexity index is 242. The van der Waals surface area contributed by atoms with Crippen molar-refractivity contribution in [3.63, 3.8) is 0 Å². The van der Waals surface area contributed by atoms with Crippen LogP contribution in [0.25, 0.3) is 0 Å². The van der Waals surface area contributed by atoms with E-state index in [0.29, 0.717) is 5.92 Å². The lowest BCUT2D eigenvalue weighted by molar-refractivity contribution is 0.185. The Hall–Kier alpha value is -0.870. The molecule has 14 heavy (non-hydrogen) atoms. The lowest BCUT2D eigenvalue weighted by Gasteiger charge is -2.08. The molecule has 0 radical (unpaired) electrons. The van der Waals surface area contributed by atoms with E-state index >= 15 is 0 Å². The molecule has 2 rings (SSSR count). The molecule has 1 aromatic rings. The molecule has 0 spiro atoms. The first-order valence-electron chi connectivity index (χ1n) is 5.21. The van der Waals surface area contributed by atoms with E-state index < -0.39 is 0 Å². The molecule has 2 heterocycles. The van der Waals surface area contributed by atoms with Crippen molar-refractivity contribution in [3.8, 4) is 0 Å². The van der Waals surface area contributed by atoms with Gasteiger partial charge in [0.2, 0.25) is 0 Å². The van der Waals surface area contributed by atoms with Crippen LogP contribution in [0.2, 0.25) is 0 Å². The number of nitrogens with one attached hydrogen (secondary N) is 1. The summed E-state index contributed by atoms with van der Waals surface area (Å²) < 4.78 is 7.25. The van der Waals surface area contributed by atoms with E-state index in [2.05, 4.69) is 10.4 Å². The van der Waals surface area contributed by atoms with Crippen LogP contribution in [0.3, 0.4) is 0 Å². The average molecular weight is 195 g/mol. The van der Waals surface area contributed by atoms with Crippen molar-refractivity contribution < 1.29 is 4.74 Å². The largest absolute Gasteiger partial charge is 0.381 e. The number of ether oxygens (including phenoxy) is 1. The Morgan fingerprint density at radius 3 is 3.29 bits per heavy atom. The molecule has 1 N–H and O–H groups in total. The predicted octanol–water partition coefficient (Wildman–Crippen LogP) is 0.509. The fourth-order valence-electron chi connectivity index (χ4n) is 1.68. The third-order valence-electron chi connectivity index (χ3n) is 2.53. The van der Waals surface area contributed by atoms with Crippen LogP contribution in [-0.4, -0.2) is 36.1 Å². The van der Waals surface area contributed by atoms with Crippen molar-refractivity contribution in [2.45, 2.75) is 13.0 Å². The van der Waals surface area contributed by atoms with Crippen LogP contribution >= 0.6 is 0 Å². The average Bonchev–Trinajstić information content (AvgIpc) is 2.86. The lowest BCUT2D eigenvalue weighted by Crippen LogP contribution is -2.26. The van der Waals surface area contributed by atoms with E-state index in [1.54, 1.807) is 0 Å². The third kappa shape index (κ3) is 2.82. The summed E-state index contributed by atoms with van der Waals surface area (Å²) in [5.74, 6) is 0.715. The Morgan fingerprint density at radius 2 is 2.57 bits per heavy atom. The highest BCUT2D eigenvalue weighted by atomic mass is 16.5. The lowest BCUT2D eigenvalue weighted by atomic mass is 10.1. The van der Waals surface area contributed by atoms with Crippen molar-refractivity contribution >= 4 is 0 Å². The predicted molar refractivity (Wildman–Crippen MR) is 54.0 cm³/mol. The third-order valence-corrected chi connectivity index (χ3v) is 2.53.